The Morgan fingerprint density at radius 1 is 1.42 bits per heavy atom. The molecule has 3 nitrogen and oxygen atoms in total. The fourth-order valence-electron chi connectivity index (χ4n) is 0.900. The SMILES string of the molecule is C=C1Oc2c(Br)sc(C=O)c2O1. The average Bonchev–Trinajstić information content (AvgIpc) is 2.52. The van der Waals surface area contributed by atoms with Crippen molar-refractivity contribution in [2.45, 2.75) is 0 Å². The fraction of sp³-hybridized carbons (Fsp3) is 0. The Bertz CT molecular complexity index is 369. The second-order valence-electron chi connectivity index (χ2n) is 2.09. The third kappa shape index (κ3) is 0.971. The van der Waals surface area contributed by atoms with E-state index in [9.17, 15) is 4.79 Å². The zero-order valence-corrected chi connectivity index (χ0v) is 8.20. The van der Waals surface area contributed by atoms with Crippen molar-refractivity contribution in [1.82, 2.24) is 0 Å². The number of hydrogen-bond acceptors (Lipinski definition) is 4. The van der Waals surface area contributed by atoms with Gasteiger partial charge in [-0.3, -0.25) is 4.79 Å². The van der Waals surface area contributed by atoms with Gasteiger partial charge in [-0.15, -0.1) is 11.3 Å². The molecule has 5 heteroatoms. The van der Waals surface area contributed by atoms with Crippen molar-refractivity contribution in [3.8, 4) is 11.5 Å². The molecular formula is C7H3BrO3S. The minimum absolute atomic E-state index is 0.205. The van der Waals surface area contributed by atoms with Crippen LogP contribution < -0.4 is 9.47 Å². The smallest absolute Gasteiger partial charge is 0.283 e. The molecule has 0 spiro atoms. The first kappa shape index (κ1) is 7.82. The summed E-state index contributed by atoms with van der Waals surface area (Å²) in [6.07, 6.45) is 0.732. The van der Waals surface area contributed by atoms with Crippen molar-refractivity contribution < 1.29 is 14.3 Å². The molecule has 0 amide bonds. The monoisotopic (exact) mass is 246 g/mol. The van der Waals surface area contributed by atoms with E-state index in [4.69, 9.17) is 9.47 Å². The second-order valence-corrected chi connectivity index (χ2v) is 4.46. The number of aldehydes is 1. The first-order valence-corrected chi connectivity index (χ1v) is 4.65. The molecule has 0 saturated carbocycles. The summed E-state index contributed by atoms with van der Waals surface area (Å²) in [4.78, 5) is 11.0. The minimum Gasteiger partial charge on any atom is -0.421 e. The maximum atomic E-state index is 10.5. The van der Waals surface area contributed by atoms with Crippen LogP contribution in [0.15, 0.2) is 16.3 Å². The van der Waals surface area contributed by atoms with E-state index < -0.39 is 0 Å². The van der Waals surface area contributed by atoms with Gasteiger partial charge in [0.15, 0.2) is 17.8 Å². The number of carbonyl (C=O) groups excluding carboxylic acids is 1. The number of fused-ring (bicyclic) bond motifs is 1. The lowest BCUT2D eigenvalue weighted by Crippen LogP contribution is -1.91. The van der Waals surface area contributed by atoms with E-state index in [0.29, 0.717) is 16.4 Å². The highest BCUT2D eigenvalue weighted by atomic mass is 79.9. The normalized spacial score (nSPS) is 13.6. The Morgan fingerprint density at radius 2 is 2.08 bits per heavy atom. The topological polar surface area (TPSA) is 35.5 Å². The molecule has 0 atom stereocenters. The van der Waals surface area contributed by atoms with Gasteiger partial charge in [0.25, 0.3) is 5.95 Å². The van der Waals surface area contributed by atoms with Gasteiger partial charge in [0.05, 0.1) is 0 Å². The van der Waals surface area contributed by atoms with Crippen molar-refractivity contribution in [2.24, 2.45) is 0 Å². The lowest BCUT2D eigenvalue weighted by Gasteiger charge is -1.93. The Balaban J connectivity index is 2.59. The molecule has 0 radical (unpaired) electrons. The van der Waals surface area contributed by atoms with Crippen molar-refractivity contribution in [2.75, 3.05) is 0 Å². The number of hydrogen-bond donors (Lipinski definition) is 0. The molecule has 2 rings (SSSR count). The zero-order valence-electron chi connectivity index (χ0n) is 5.80. The lowest BCUT2D eigenvalue weighted by atomic mass is 10.4. The molecule has 62 valence electrons. The highest BCUT2D eigenvalue weighted by Gasteiger charge is 2.27. The summed E-state index contributed by atoms with van der Waals surface area (Å²) in [6, 6.07) is 0. The third-order valence-electron chi connectivity index (χ3n) is 1.35. The number of rotatable bonds is 1. The summed E-state index contributed by atoms with van der Waals surface area (Å²) in [5.41, 5.74) is 0. The van der Waals surface area contributed by atoms with E-state index in [1.54, 1.807) is 0 Å². The standard InChI is InChI=1S/C7H3BrO3S/c1-3-10-5-4(2-9)12-7(8)6(5)11-3/h2H,1H2. The molecule has 12 heavy (non-hydrogen) atoms. The van der Waals surface area contributed by atoms with Crippen molar-refractivity contribution in [3.05, 3.63) is 21.2 Å². The van der Waals surface area contributed by atoms with Gasteiger partial charge in [-0.1, -0.05) is 0 Å². The summed E-state index contributed by atoms with van der Waals surface area (Å²) in [5.74, 6) is 1.22. The van der Waals surface area contributed by atoms with E-state index in [-0.39, 0.29) is 5.95 Å². The van der Waals surface area contributed by atoms with Crippen LogP contribution in [0, 0.1) is 0 Å². The molecule has 1 aliphatic heterocycles. The van der Waals surface area contributed by atoms with Crippen LogP contribution >= 0.6 is 27.3 Å². The van der Waals surface area contributed by atoms with E-state index in [0.717, 1.165) is 10.1 Å². The Morgan fingerprint density at radius 3 is 2.75 bits per heavy atom. The molecule has 0 unspecified atom stereocenters. The van der Waals surface area contributed by atoms with Gasteiger partial charge in [-0.05, 0) is 22.5 Å². The number of thiophene rings is 1. The Kier molecular flexibility index (Phi) is 1.69. The first-order chi connectivity index (χ1) is 5.72. The van der Waals surface area contributed by atoms with Gasteiger partial charge in [0.2, 0.25) is 0 Å². The molecule has 0 fully saturated rings. The van der Waals surface area contributed by atoms with Crippen LogP contribution in [0.3, 0.4) is 0 Å². The third-order valence-corrected chi connectivity index (χ3v) is 3.06. The van der Waals surface area contributed by atoms with Crippen LogP contribution in [0.2, 0.25) is 0 Å². The van der Waals surface area contributed by atoms with Crippen molar-refractivity contribution >= 4 is 33.6 Å². The molecule has 0 aromatic carbocycles. The Labute approximate surface area is 80.7 Å². The number of halogens is 1. The van der Waals surface area contributed by atoms with Crippen LogP contribution in [0.1, 0.15) is 9.67 Å². The summed E-state index contributed by atoms with van der Waals surface area (Å²) in [5, 5.41) is 0. The highest BCUT2D eigenvalue weighted by Crippen LogP contribution is 2.49. The predicted molar refractivity (Wildman–Crippen MR) is 47.8 cm³/mol. The van der Waals surface area contributed by atoms with E-state index in [1.165, 1.54) is 11.3 Å². The number of carbonyl (C=O) groups is 1. The van der Waals surface area contributed by atoms with Gasteiger partial charge < -0.3 is 9.47 Å². The maximum absolute atomic E-state index is 10.5. The summed E-state index contributed by atoms with van der Waals surface area (Å²) < 4.78 is 10.9. The summed E-state index contributed by atoms with van der Waals surface area (Å²) >= 11 is 4.53. The molecule has 2 heterocycles. The zero-order chi connectivity index (χ0) is 8.72. The second kappa shape index (κ2) is 2.60. The average molecular weight is 247 g/mol. The summed E-state index contributed by atoms with van der Waals surface area (Å²) in [7, 11) is 0. The maximum Gasteiger partial charge on any atom is 0.283 e. The van der Waals surface area contributed by atoms with Crippen LogP contribution in [0.5, 0.6) is 11.5 Å². The van der Waals surface area contributed by atoms with Crippen LogP contribution in [-0.4, -0.2) is 6.29 Å². The fourth-order valence-corrected chi connectivity index (χ4v) is 2.38. The minimum atomic E-state index is 0.205. The molecule has 1 aliphatic rings. The van der Waals surface area contributed by atoms with Gasteiger partial charge >= 0.3 is 0 Å². The molecule has 1 aromatic rings. The quantitative estimate of drug-likeness (QED) is 0.715. The molecule has 0 bridgehead atoms. The largest absolute Gasteiger partial charge is 0.421 e. The van der Waals surface area contributed by atoms with Gasteiger partial charge in [0, 0.05) is 0 Å². The predicted octanol–water partition coefficient (Wildman–Crippen LogP) is 2.57. The lowest BCUT2D eigenvalue weighted by molar-refractivity contribution is 0.112. The molecular weight excluding hydrogens is 244 g/mol. The molecule has 0 aliphatic carbocycles. The van der Waals surface area contributed by atoms with Gasteiger partial charge in [0.1, 0.15) is 8.66 Å². The number of ether oxygens (including phenoxy) is 2. The highest BCUT2D eigenvalue weighted by molar-refractivity contribution is 9.11. The van der Waals surface area contributed by atoms with E-state index in [2.05, 4.69) is 22.5 Å². The molecule has 0 saturated heterocycles. The van der Waals surface area contributed by atoms with Gasteiger partial charge in [-0.25, -0.2) is 0 Å². The van der Waals surface area contributed by atoms with Gasteiger partial charge in [-0.2, -0.15) is 0 Å². The molecule has 0 N–H and O–H groups in total. The molecule has 1 aromatic heterocycles. The first-order valence-electron chi connectivity index (χ1n) is 3.04. The van der Waals surface area contributed by atoms with E-state index in [1.807, 2.05) is 0 Å². The Hall–Kier alpha value is -0.810. The van der Waals surface area contributed by atoms with Crippen LogP contribution in [0.25, 0.3) is 0 Å². The van der Waals surface area contributed by atoms with E-state index >= 15 is 0 Å². The van der Waals surface area contributed by atoms with Crippen LogP contribution in [0.4, 0.5) is 0 Å². The summed E-state index contributed by atoms with van der Waals surface area (Å²) in [6.45, 7) is 3.48. The van der Waals surface area contributed by atoms with Crippen molar-refractivity contribution in [1.29, 1.82) is 0 Å². The van der Waals surface area contributed by atoms with Crippen molar-refractivity contribution in [3.63, 3.8) is 0 Å². The van der Waals surface area contributed by atoms with Crippen LogP contribution in [-0.2, 0) is 0 Å².